The topological polar surface area (TPSA) is 46.9 Å². The molecule has 0 radical (unpaired) electrons. The van der Waals surface area contributed by atoms with Gasteiger partial charge in [0.1, 0.15) is 11.5 Å². The van der Waals surface area contributed by atoms with Gasteiger partial charge in [0.2, 0.25) is 0 Å². The Morgan fingerprint density at radius 2 is 0.947 bits per heavy atom. The second-order valence-electron chi connectivity index (χ2n) is 13.3. The molecule has 1 aliphatic heterocycles. The van der Waals surface area contributed by atoms with Crippen LogP contribution in [0.5, 0.6) is 11.5 Å². The van der Waals surface area contributed by atoms with E-state index in [1.165, 1.54) is 22.3 Å². The van der Waals surface area contributed by atoms with Crippen LogP contribution in [0.15, 0.2) is 12.1 Å². The summed E-state index contributed by atoms with van der Waals surface area (Å²) in [5.74, 6) is 2.56. The molecule has 2 aromatic rings. The fourth-order valence-corrected chi connectivity index (χ4v) is 6.47. The van der Waals surface area contributed by atoms with Crippen LogP contribution in [0.25, 0.3) is 0 Å². The zero-order valence-corrected chi connectivity index (χ0v) is 26.2. The molecule has 2 N–H and O–H groups in total. The molecule has 38 heavy (non-hydrogen) atoms. The van der Waals surface area contributed by atoms with E-state index in [-0.39, 0.29) is 0 Å². The van der Waals surface area contributed by atoms with Gasteiger partial charge in [0, 0.05) is 38.3 Å². The van der Waals surface area contributed by atoms with Crippen LogP contribution in [0.2, 0.25) is 0 Å². The average Bonchev–Trinajstić information content (AvgIpc) is 2.83. The Kier molecular flexibility index (Phi) is 9.63. The molecule has 2 unspecified atom stereocenters. The van der Waals surface area contributed by atoms with Crippen LogP contribution in [0.3, 0.4) is 0 Å². The lowest BCUT2D eigenvalue weighted by Gasteiger charge is -2.50. The number of hydrogen-bond donors (Lipinski definition) is 2. The van der Waals surface area contributed by atoms with Gasteiger partial charge in [-0.1, -0.05) is 67.5 Å². The summed E-state index contributed by atoms with van der Waals surface area (Å²) >= 11 is 0. The third-order valence-corrected chi connectivity index (χ3v) is 9.15. The summed E-state index contributed by atoms with van der Waals surface area (Å²) in [4.78, 5) is 5.35. The van der Waals surface area contributed by atoms with Crippen LogP contribution < -0.4 is 0 Å². The first-order valence-electron chi connectivity index (χ1n) is 14.8. The van der Waals surface area contributed by atoms with Crippen molar-refractivity contribution in [2.24, 2.45) is 11.8 Å². The van der Waals surface area contributed by atoms with Gasteiger partial charge in [0.05, 0.1) is 0 Å². The molecule has 0 saturated carbocycles. The van der Waals surface area contributed by atoms with Gasteiger partial charge in [0.15, 0.2) is 0 Å². The van der Waals surface area contributed by atoms with Crippen LogP contribution in [0.4, 0.5) is 0 Å². The molecule has 1 heterocycles. The summed E-state index contributed by atoms with van der Waals surface area (Å²) in [6, 6.07) is 5.23. The Hall–Kier alpha value is -2.04. The van der Waals surface area contributed by atoms with E-state index in [9.17, 15) is 10.2 Å². The molecular weight excluding hydrogens is 468 g/mol. The molecule has 1 fully saturated rings. The Balaban J connectivity index is 1.96. The number of benzene rings is 2. The third-order valence-electron chi connectivity index (χ3n) is 9.15. The minimum absolute atomic E-state index is 0.305. The average molecular weight is 523 g/mol. The van der Waals surface area contributed by atoms with Crippen molar-refractivity contribution in [2.75, 3.05) is 13.1 Å². The number of aromatic hydroxyl groups is 2. The predicted octanol–water partition coefficient (Wildman–Crippen LogP) is 7.95. The van der Waals surface area contributed by atoms with E-state index in [4.69, 9.17) is 0 Å². The Labute approximate surface area is 233 Å². The molecule has 4 nitrogen and oxygen atoms in total. The normalized spacial score (nSPS) is 19.5. The van der Waals surface area contributed by atoms with Crippen LogP contribution in [0.1, 0.15) is 112 Å². The number of piperazine rings is 1. The maximum Gasteiger partial charge on any atom is 0.122 e. The molecule has 2 atom stereocenters. The second-order valence-corrected chi connectivity index (χ2v) is 13.3. The minimum Gasteiger partial charge on any atom is -0.507 e. The summed E-state index contributed by atoms with van der Waals surface area (Å²) in [5, 5.41) is 22.0. The van der Waals surface area contributed by atoms with Crippen molar-refractivity contribution in [1.29, 1.82) is 0 Å². The van der Waals surface area contributed by atoms with Crippen molar-refractivity contribution in [3.8, 4) is 11.5 Å². The van der Waals surface area contributed by atoms with Gasteiger partial charge in [0.25, 0.3) is 0 Å². The lowest BCUT2D eigenvalue weighted by molar-refractivity contribution is -0.0168. The molecule has 0 spiro atoms. The fourth-order valence-electron chi connectivity index (χ4n) is 6.47. The summed E-state index contributed by atoms with van der Waals surface area (Å²) in [6.45, 7) is 30.2. The Morgan fingerprint density at radius 3 is 1.21 bits per heavy atom. The van der Waals surface area contributed by atoms with E-state index < -0.39 is 0 Å². The van der Waals surface area contributed by atoms with Crippen molar-refractivity contribution < 1.29 is 10.2 Å². The molecule has 0 aliphatic carbocycles. The molecule has 0 aromatic heterocycles. The van der Waals surface area contributed by atoms with E-state index in [2.05, 4.69) is 105 Å². The minimum atomic E-state index is 0.305. The Bertz CT molecular complexity index is 1040. The highest BCUT2D eigenvalue weighted by Gasteiger charge is 2.37. The zero-order valence-electron chi connectivity index (χ0n) is 26.2. The van der Waals surface area contributed by atoms with Crippen LogP contribution in [-0.2, 0) is 13.1 Å². The van der Waals surface area contributed by atoms with Gasteiger partial charge in [-0.2, -0.15) is 0 Å². The number of nitrogens with zero attached hydrogens (tertiary/aromatic N) is 2. The summed E-state index contributed by atoms with van der Waals surface area (Å²) in [6.07, 6.45) is 0. The molecule has 1 saturated heterocycles. The Morgan fingerprint density at radius 1 is 0.632 bits per heavy atom. The number of hydrogen-bond acceptors (Lipinski definition) is 4. The van der Waals surface area contributed by atoms with Crippen molar-refractivity contribution >= 4 is 0 Å². The predicted molar refractivity (Wildman–Crippen MR) is 161 cm³/mol. The number of rotatable bonds is 8. The van der Waals surface area contributed by atoms with Crippen molar-refractivity contribution in [2.45, 2.75) is 120 Å². The van der Waals surface area contributed by atoms with Gasteiger partial charge < -0.3 is 10.2 Å². The summed E-state index contributed by atoms with van der Waals surface area (Å²) < 4.78 is 0. The number of phenolic OH excluding ortho intramolecular Hbond substituents is 2. The molecular formula is C34H54N2O2. The third kappa shape index (κ3) is 6.07. The molecule has 0 amide bonds. The molecule has 0 bridgehead atoms. The van der Waals surface area contributed by atoms with Crippen molar-refractivity contribution in [3.05, 3.63) is 56.6 Å². The standard InChI is InChI=1S/C34H54N2O2/c1-19(2)27-13-23(9)29(25(11)33(27)37)15-35-17-32(22(7)8)36(18-31(35)21(5)6)16-30-24(10)14-28(20(3)4)34(38)26(30)12/h13-14,19-22,31-32,37-38H,15-18H2,1-12H3. The highest BCUT2D eigenvalue weighted by Crippen LogP contribution is 2.37. The van der Waals surface area contributed by atoms with E-state index in [0.717, 1.165) is 48.4 Å². The quantitative estimate of drug-likeness (QED) is 0.369. The molecule has 212 valence electrons. The van der Waals surface area contributed by atoms with Gasteiger partial charge in [-0.25, -0.2) is 0 Å². The second kappa shape index (κ2) is 12.0. The van der Waals surface area contributed by atoms with E-state index >= 15 is 0 Å². The van der Waals surface area contributed by atoms with Crippen molar-refractivity contribution in [1.82, 2.24) is 9.80 Å². The molecule has 1 aliphatic rings. The van der Waals surface area contributed by atoms with E-state index in [0.29, 0.717) is 47.3 Å². The highest BCUT2D eigenvalue weighted by molar-refractivity contribution is 5.51. The lowest BCUT2D eigenvalue weighted by Crippen LogP contribution is -2.60. The monoisotopic (exact) mass is 522 g/mol. The van der Waals surface area contributed by atoms with Crippen LogP contribution in [-0.4, -0.2) is 45.2 Å². The highest BCUT2D eigenvalue weighted by atomic mass is 16.3. The first-order valence-corrected chi connectivity index (χ1v) is 14.8. The molecule has 4 heteroatoms. The maximum absolute atomic E-state index is 11.0. The SMILES string of the molecule is Cc1cc(C(C)C)c(O)c(C)c1CN1CC(C(C)C)N(Cc2c(C)cc(C(C)C)c(O)c2C)CC1C(C)C. The summed E-state index contributed by atoms with van der Waals surface area (Å²) in [7, 11) is 0. The first-order chi connectivity index (χ1) is 17.6. The van der Waals surface area contributed by atoms with E-state index in [1.54, 1.807) is 0 Å². The number of phenols is 2. The fraction of sp³-hybridized carbons (Fsp3) is 0.647. The van der Waals surface area contributed by atoms with Crippen LogP contribution >= 0.6 is 0 Å². The van der Waals surface area contributed by atoms with E-state index in [1.807, 2.05) is 0 Å². The zero-order chi connectivity index (χ0) is 28.6. The smallest absolute Gasteiger partial charge is 0.122 e. The number of aryl methyl sites for hydroxylation is 2. The van der Waals surface area contributed by atoms with Gasteiger partial charge in [-0.3, -0.25) is 9.80 Å². The van der Waals surface area contributed by atoms with Gasteiger partial charge in [-0.05, 0) is 95.9 Å². The summed E-state index contributed by atoms with van der Waals surface area (Å²) in [5.41, 5.74) is 9.27. The molecule has 2 aromatic carbocycles. The maximum atomic E-state index is 11.0. The molecule has 3 rings (SSSR count). The largest absolute Gasteiger partial charge is 0.507 e. The first kappa shape index (κ1) is 30.5. The van der Waals surface area contributed by atoms with Crippen LogP contribution in [0, 0.1) is 39.5 Å². The van der Waals surface area contributed by atoms with Gasteiger partial charge in [-0.15, -0.1) is 0 Å². The lowest BCUT2D eigenvalue weighted by atomic mass is 9.88. The van der Waals surface area contributed by atoms with Crippen molar-refractivity contribution in [3.63, 3.8) is 0 Å². The van der Waals surface area contributed by atoms with Gasteiger partial charge >= 0.3 is 0 Å².